The first-order valence-electron chi connectivity index (χ1n) is 17.9. The summed E-state index contributed by atoms with van der Waals surface area (Å²) in [5, 5.41) is 33.9. The molecule has 0 aliphatic carbocycles. The summed E-state index contributed by atoms with van der Waals surface area (Å²) >= 11 is 6.88. The molecule has 3 aromatic carbocycles. The van der Waals surface area contributed by atoms with E-state index in [4.69, 9.17) is 25.8 Å². The minimum absolute atomic E-state index is 0.205. The van der Waals surface area contributed by atoms with Crippen molar-refractivity contribution in [3.8, 4) is 34.4 Å². The van der Waals surface area contributed by atoms with Crippen LogP contribution in [0.25, 0.3) is 11.1 Å². The number of nitrogens with one attached hydrogen (secondary N) is 1. The highest BCUT2D eigenvalue weighted by molar-refractivity contribution is 6.32. The van der Waals surface area contributed by atoms with Gasteiger partial charge in [0.25, 0.3) is 0 Å². The highest BCUT2D eigenvalue weighted by Crippen LogP contribution is 2.37. The van der Waals surface area contributed by atoms with Crippen LogP contribution in [0.2, 0.25) is 5.02 Å². The van der Waals surface area contributed by atoms with E-state index in [-0.39, 0.29) is 12.7 Å². The number of halogens is 1. The molecule has 53 heavy (non-hydrogen) atoms. The lowest BCUT2D eigenvalue weighted by Crippen LogP contribution is -2.24. The quantitative estimate of drug-likeness (QED) is 0.102. The van der Waals surface area contributed by atoms with Gasteiger partial charge in [0.05, 0.1) is 29.8 Å². The molecule has 1 aliphatic heterocycles. The van der Waals surface area contributed by atoms with Crippen LogP contribution in [0.5, 0.6) is 17.2 Å². The van der Waals surface area contributed by atoms with E-state index in [9.17, 15) is 10.4 Å². The van der Waals surface area contributed by atoms with Gasteiger partial charge < -0.3 is 24.2 Å². The first kappa shape index (κ1) is 37.7. The predicted molar refractivity (Wildman–Crippen MR) is 202 cm³/mol. The van der Waals surface area contributed by atoms with Crippen molar-refractivity contribution in [2.24, 2.45) is 0 Å². The predicted octanol–water partition coefficient (Wildman–Crippen LogP) is 6.42. The molecule has 6 rings (SSSR count). The summed E-state index contributed by atoms with van der Waals surface area (Å²) < 4.78 is 19.0. The number of hydrogen-bond acceptors (Lipinski definition) is 11. The van der Waals surface area contributed by atoms with E-state index in [1.807, 2.05) is 30.3 Å². The van der Waals surface area contributed by atoms with Crippen LogP contribution in [0.1, 0.15) is 59.0 Å². The number of aromatic amines is 1. The lowest BCUT2D eigenvalue weighted by molar-refractivity contribution is 0.173. The molecule has 276 valence electrons. The largest absolute Gasteiger partial charge is 0.493 e. The third-order valence-corrected chi connectivity index (χ3v) is 9.86. The molecule has 2 aromatic heterocycles. The van der Waals surface area contributed by atoms with E-state index in [1.54, 1.807) is 12.3 Å². The van der Waals surface area contributed by atoms with Crippen LogP contribution in [0.4, 0.5) is 0 Å². The van der Waals surface area contributed by atoms with Gasteiger partial charge in [-0.05, 0) is 89.7 Å². The minimum atomic E-state index is -0.205. The molecule has 1 fully saturated rings. The average molecular weight is 737 g/mol. The molecule has 1 aliphatic rings. The molecule has 0 amide bonds. The first-order chi connectivity index (χ1) is 25.8. The molecule has 2 N–H and O–H groups in total. The lowest BCUT2D eigenvalue weighted by Gasteiger charge is -2.22. The summed E-state index contributed by atoms with van der Waals surface area (Å²) in [5.41, 5.74) is 7.54. The van der Waals surface area contributed by atoms with Gasteiger partial charge >= 0.3 is 0 Å². The van der Waals surface area contributed by atoms with Gasteiger partial charge in [-0.2, -0.15) is 5.26 Å². The monoisotopic (exact) mass is 736 g/mol. The second kappa shape index (κ2) is 18.1. The molecule has 1 unspecified atom stereocenters. The van der Waals surface area contributed by atoms with E-state index < -0.39 is 0 Å². The van der Waals surface area contributed by atoms with Crippen LogP contribution in [0, 0.1) is 25.2 Å². The Morgan fingerprint density at radius 1 is 0.962 bits per heavy atom. The maximum atomic E-state index is 9.80. The number of hydrogen-bond donors (Lipinski definition) is 2. The molecule has 0 saturated carbocycles. The number of aliphatic hydroxyl groups is 1. The van der Waals surface area contributed by atoms with Crippen molar-refractivity contribution >= 4 is 11.6 Å². The van der Waals surface area contributed by atoms with Gasteiger partial charge in [-0.15, -0.1) is 5.10 Å². The zero-order chi connectivity index (χ0) is 37.2. The smallest absolute Gasteiger partial charge is 0.162 e. The maximum Gasteiger partial charge on any atom is 0.162 e. The number of tetrazole rings is 1. The summed E-state index contributed by atoms with van der Waals surface area (Å²) in [6, 6.07) is 20.0. The number of pyridine rings is 1. The Kier molecular flexibility index (Phi) is 12.9. The van der Waals surface area contributed by atoms with Crippen LogP contribution in [-0.2, 0) is 26.3 Å². The average Bonchev–Trinajstić information content (AvgIpc) is 3.85. The number of aliphatic hydroxyl groups excluding tert-OH is 1. The summed E-state index contributed by atoms with van der Waals surface area (Å²) in [6.07, 6.45) is 4.76. The fraction of sp³-hybridized carbons (Fsp3) is 0.375. The Balaban J connectivity index is 1.17. The van der Waals surface area contributed by atoms with E-state index in [1.165, 1.54) is 6.20 Å². The third kappa shape index (κ3) is 9.88. The molecule has 13 heteroatoms. The van der Waals surface area contributed by atoms with E-state index >= 15 is 0 Å². The van der Waals surface area contributed by atoms with Crippen molar-refractivity contribution in [1.82, 2.24) is 35.4 Å². The summed E-state index contributed by atoms with van der Waals surface area (Å²) in [4.78, 5) is 8.63. The molecule has 3 heterocycles. The molecule has 0 radical (unpaired) electrons. The van der Waals surface area contributed by atoms with Crippen LogP contribution < -0.4 is 14.2 Å². The van der Waals surface area contributed by atoms with Crippen LogP contribution in [0.15, 0.2) is 67.0 Å². The number of benzene rings is 3. The van der Waals surface area contributed by atoms with Crippen LogP contribution in [0.3, 0.4) is 0 Å². The molecule has 0 bridgehead atoms. The SMILES string of the molecule is CCN(Cc1nnn[nH]1)Cc1cc(Cl)c(OCc2cccc(-c3cccc(OCCCN4CCC(O)C4)c3C)c2C)cc1OCc1cncc(C#N)c1. The van der Waals surface area contributed by atoms with E-state index in [0.717, 1.165) is 83.7 Å². The third-order valence-electron chi connectivity index (χ3n) is 9.56. The summed E-state index contributed by atoms with van der Waals surface area (Å²) in [6.45, 7) is 11.8. The van der Waals surface area contributed by atoms with E-state index in [0.29, 0.717) is 54.2 Å². The van der Waals surface area contributed by atoms with Gasteiger partial charge in [0.15, 0.2) is 5.82 Å². The molecule has 1 saturated heterocycles. The first-order valence-corrected chi connectivity index (χ1v) is 18.3. The van der Waals surface area contributed by atoms with Crippen molar-refractivity contribution in [2.45, 2.75) is 66.0 Å². The maximum absolute atomic E-state index is 9.80. The fourth-order valence-electron chi connectivity index (χ4n) is 6.55. The zero-order valence-corrected chi connectivity index (χ0v) is 31.1. The Hall–Kier alpha value is -5.06. The van der Waals surface area contributed by atoms with E-state index in [2.05, 4.69) is 80.4 Å². The lowest BCUT2D eigenvalue weighted by atomic mass is 9.93. The van der Waals surface area contributed by atoms with Gasteiger partial charge in [0.2, 0.25) is 0 Å². The number of H-pyrrole nitrogens is 1. The number of β-amino-alcohol motifs (C(OH)–C–C–N with tert-alkyl or cyclic N) is 1. The van der Waals surface area contributed by atoms with Gasteiger partial charge in [-0.25, -0.2) is 5.10 Å². The molecule has 5 aromatic rings. The van der Waals surface area contributed by atoms with Crippen molar-refractivity contribution in [3.05, 3.63) is 111 Å². The normalized spacial score (nSPS) is 14.4. The van der Waals surface area contributed by atoms with Crippen molar-refractivity contribution in [1.29, 1.82) is 5.26 Å². The van der Waals surface area contributed by atoms with Gasteiger partial charge in [-0.1, -0.05) is 48.9 Å². The Labute approximate surface area is 315 Å². The zero-order valence-electron chi connectivity index (χ0n) is 30.4. The number of nitriles is 1. The topological polar surface area (TPSA) is 146 Å². The number of aromatic nitrogens is 5. The summed E-state index contributed by atoms with van der Waals surface area (Å²) in [7, 11) is 0. The molecular formula is C40H45ClN8O4. The van der Waals surface area contributed by atoms with Crippen molar-refractivity contribution in [2.75, 3.05) is 32.8 Å². The van der Waals surface area contributed by atoms with Gasteiger partial charge in [0, 0.05) is 55.8 Å². The van der Waals surface area contributed by atoms with Gasteiger partial charge in [0.1, 0.15) is 36.5 Å². The van der Waals surface area contributed by atoms with Crippen LogP contribution in [-0.4, -0.2) is 79.4 Å². The number of likely N-dealkylation sites (tertiary alicyclic amines) is 1. The minimum Gasteiger partial charge on any atom is -0.493 e. The number of nitrogens with zero attached hydrogens (tertiary/aromatic N) is 7. The second-order valence-corrected chi connectivity index (χ2v) is 13.7. The highest BCUT2D eigenvalue weighted by atomic mass is 35.5. The molecular weight excluding hydrogens is 692 g/mol. The molecule has 0 spiro atoms. The standard InChI is InChI=1S/C40H45ClN8O4/c1-4-48(24-40-44-46-47-45-40)22-32-17-36(41)39(18-38(32)52-25-30-16-29(19-42)20-43-21-30)53-26-31-8-5-9-34(27(31)2)35-10-6-11-37(28(35)3)51-15-7-13-49-14-12-33(50)23-49/h5-6,8-11,16-18,20-21,33,50H,4,7,12-15,22-26H2,1-3H3,(H,44,45,46,47). The number of ether oxygens (including phenoxy) is 3. The van der Waals surface area contributed by atoms with Crippen molar-refractivity contribution in [3.63, 3.8) is 0 Å². The highest BCUT2D eigenvalue weighted by Gasteiger charge is 2.20. The Morgan fingerprint density at radius 2 is 1.77 bits per heavy atom. The van der Waals surface area contributed by atoms with Gasteiger partial charge in [-0.3, -0.25) is 9.88 Å². The summed E-state index contributed by atoms with van der Waals surface area (Å²) in [5.74, 6) is 2.63. The molecule has 1 atom stereocenters. The van der Waals surface area contributed by atoms with Crippen molar-refractivity contribution < 1.29 is 19.3 Å². The molecule has 12 nitrogen and oxygen atoms in total. The Morgan fingerprint density at radius 3 is 2.53 bits per heavy atom. The van der Waals surface area contributed by atoms with Crippen LogP contribution >= 0.6 is 11.6 Å². The second-order valence-electron chi connectivity index (χ2n) is 13.3. The Bertz CT molecular complexity index is 2020. The fourth-order valence-corrected chi connectivity index (χ4v) is 6.79. The number of rotatable bonds is 17.